The smallest absolute Gasteiger partial charge is 0.330 e. The summed E-state index contributed by atoms with van der Waals surface area (Å²) in [6, 6.07) is 8.38. The minimum Gasteiger partial charge on any atom is -0.463 e. The average Bonchev–Trinajstić information content (AvgIpc) is 2.71. The highest BCUT2D eigenvalue weighted by molar-refractivity contribution is 5.87. The predicted octanol–water partition coefficient (Wildman–Crippen LogP) is 3.81. The number of esters is 1. The van der Waals surface area contributed by atoms with E-state index < -0.39 is 0 Å². The molecular weight excluding hydrogens is 269 g/mol. The van der Waals surface area contributed by atoms with Crippen molar-refractivity contribution in [2.75, 3.05) is 6.61 Å². The molecule has 0 atom stereocenters. The van der Waals surface area contributed by atoms with Crippen LogP contribution < -0.4 is 0 Å². The third kappa shape index (κ3) is 3.40. The van der Waals surface area contributed by atoms with Crippen LogP contribution in [0.4, 0.5) is 4.39 Å². The van der Waals surface area contributed by atoms with E-state index in [4.69, 9.17) is 4.74 Å². The number of carbonyl (C=O) groups excluding carboxylic acids is 1. The maximum atomic E-state index is 13.4. The SMILES string of the molecule is CCOC(=O)C=Cc1cc(C)n(-c2cccc(F)c2)c1C. The average molecular weight is 287 g/mol. The lowest BCUT2D eigenvalue weighted by molar-refractivity contribution is -0.137. The van der Waals surface area contributed by atoms with Crippen molar-refractivity contribution in [2.45, 2.75) is 20.8 Å². The van der Waals surface area contributed by atoms with E-state index in [1.54, 1.807) is 19.1 Å². The second-order valence-electron chi connectivity index (χ2n) is 4.73. The number of benzene rings is 1. The first kappa shape index (κ1) is 15.0. The van der Waals surface area contributed by atoms with Gasteiger partial charge in [-0.3, -0.25) is 0 Å². The molecule has 0 saturated heterocycles. The minimum atomic E-state index is -0.368. The van der Waals surface area contributed by atoms with Gasteiger partial charge in [0.05, 0.1) is 6.61 Å². The van der Waals surface area contributed by atoms with Gasteiger partial charge in [-0.05, 0) is 56.7 Å². The van der Waals surface area contributed by atoms with Crippen LogP contribution in [0.1, 0.15) is 23.9 Å². The van der Waals surface area contributed by atoms with E-state index in [-0.39, 0.29) is 11.8 Å². The number of halogens is 1. The van der Waals surface area contributed by atoms with Gasteiger partial charge in [-0.15, -0.1) is 0 Å². The number of ether oxygens (including phenoxy) is 1. The molecule has 0 fully saturated rings. The molecule has 0 aliphatic rings. The van der Waals surface area contributed by atoms with Crippen molar-refractivity contribution in [3.05, 3.63) is 59.2 Å². The molecule has 1 aromatic heterocycles. The van der Waals surface area contributed by atoms with Crippen molar-refractivity contribution in [2.24, 2.45) is 0 Å². The molecule has 4 heteroatoms. The van der Waals surface area contributed by atoms with E-state index >= 15 is 0 Å². The van der Waals surface area contributed by atoms with Crippen LogP contribution in [0.2, 0.25) is 0 Å². The molecule has 2 aromatic rings. The van der Waals surface area contributed by atoms with Crippen LogP contribution in [0.3, 0.4) is 0 Å². The molecule has 0 aliphatic heterocycles. The Labute approximate surface area is 123 Å². The first-order chi connectivity index (χ1) is 10.0. The van der Waals surface area contributed by atoms with Gasteiger partial charge in [-0.25, -0.2) is 9.18 Å². The van der Waals surface area contributed by atoms with Gasteiger partial charge in [0.25, 0.3) is 0 Å². The number of nitrogens with zero attached hydrogens (tertiary/aromatic N) is 1. The topological polar surface area (TPSA) is 31.2 Å². The van der Waals surface area contributed by atoms with Gasteiger partial charge < -0.3 is 9.30 Å². The zero-order valence-corrected chi connectivity index (χ0v) is 12.4. The molecule has 0 aliphatic carbocycles. The first-order valence-electron chi connectivity index (χ1n) is 6.82. The molecule has 110 valence electrons. The summed E-state index contributed by atoms with van der Waals surface area (Å²) in [4.78, 5) is 11.4. The number of rotatable bonds is 4. The van der Waals surface area contributed by atoms with Crippen molar-refractivity contribution in [3.63, 3.8) is 0 Å². The lowest BCUT2D eigenvalue weighted by Gasteiger charge is -2.09. The molecule has 2 rings (SSSR count). The van der Waals surface area contributed by atoms with Crippen LogP contribution in [-0.4, -0.2) is 17.1 Å². The molecule has 0 bridgehead atoms. The molecule has 0 unspecified atom stereocenters. The Bertz CT molecular complexity index is 686. The van der Waals surface area contributed by atoms with Gasteiger partial charge in [-0.1, -0.05) is 6.07 Å². The predicted molar refractivity (Wildman–Crippen MR) is 80.9 cm³/mol. The monoisotopic (exact) mass is 287 g/mol. The van der Waals surface area contributed by atoms with E-state index in [0.717, 1.165) is 22.6 Å². The Balaban J connectivity index is 2.36. The molecule has 0 radical (unpaired) electrons. The van der Waals surface area contributed by atoms with Crippen LogP contribution in [0.5, 0.6) is 0 Å². The summed E-state index contributed by atoms with van der Waals surface area (Å²) < 4.78 is 20.2. The van der Waals surface area contributed by atoms with Gasteiger partial charge in [0.15, 0.2) is 0 Å². The van der Waals surface area contributed by atoms with Gasteiger partial charge in [0.2, 0.25) is 0 Å². The summed E-state index contributed by atoms with van der Waals surface area (Å²) >= 11 is 0. The molecule has 1 aromatic carbocycles. The Kier molecular flexibility index (Phi) is 4.58. The van der Waals surface area contributed by atoms with E-state index in [1.807, 2.05) is 30.5 Å². The number of carbonyl (C=O) groups is 1. The molecule has 3 nitrogen and oxygen atoms in total. The highest BCUT2D eigenvalue weighted by atomic mass is 19.1. The molecule has 0 N–H and O–H groups in total. The minimum absolute atomic E-state index is 0.274. The number of hydrogen-bond donors (Lipinski definition) is 0. The van der Waals surface area contributed by atoms with Gasteiger partial charge in [-0.2, -0.15) is 0 Å². The molecule has 1 heterocycles. The van der Waals surface area contributed by atoms with Crippen LogP contribution >= 0.6 is 0 Å². The molecular formula is C17H18FNO2. The van der Waals surface area contributed by atoms with Crippen molar-refractivity contribution in [1.82, 2.24) is 4.57 Å². The van der Waals surface area contributed by atoms with E-state index in [0.29, 0.717) is 6.61 Å². The first-order valence-corrected chi connectivity index (χ1v) is 6.82. The highest BCUT2D eigenvalue weighted by Crippen LogP contribution is 2.22. The lowest BCUT2D eigenvalue weighted by atomic mass is 10.2. The Morgan fingerprint density at radius 2 is 2.10 bits per heavy atom. The summed E-state index contributed by atoms with van der Waals surface area (Å²) in [5.41, 5.74) is 3.59. The fourth-order valence-electron chi connectivity index (χ4n) is 2.32. The van der Waals surface area contributed by atoms with E-state index in [1.165, 1.54) is 18.2 Å². The number of aromatic nitrogens is 1. The highest BCUT2D eigenvalue weighted by Gasteiger charge is 2.09. The Hall–Kier alpha value is -2.36. The maximum Gasteiger partial charge on any atom is 0.330 e. The van der Waals surface area contributed by atoms with Crippen LogP contribution in [0, 0.1) is 19.7 Å². The second-order valence-corrected chi connectivity index (χ2v) is 4.73. The fourth-order valence-corrected chi connectivity index (χ4v) is 2.32. The summed E-state index contributed by atoms with van der Waals surface area (Å²) in [6.45, 7) is 6.00. The van der Waals surface area contributed by atoms with Crippen molar-refractivity contribution >= 4 is 12.0 Å². The van der Waals surface area contributed by atoms with Gasteiger partial charge >= 0.3 is 5.97 Å². The zero-order chi connectivity index (χ0) is 15.4. The Morgan fingerprint density at radius 3 is 2.76 bits per heavy atom. The third-order valence-electron chi connectivity index (χ3n) is 3.22. The summed E-state index contributed by atoms with van der Waals surface area (Å²) in [5.74, 6) is -0.642. The molecule has 21 heavy (non-hydrogen) atoms. The zero-order valence-electron chi connectivity index (χ0n) is 12.4. The molecule has 0 spiro atoms. The summed E-state index contributed by atoms with van der Waals surface area (Å²) in [7, 11) is 0. The summed E-state index contributed by atoms with van der Waals surface area (Å²) in [5, 5.41) is 0. The normalized spacial score (nSPS) is 11.0. The van der Waals surface area contributed by atoms with Gasteiger partial charge in [0.1, 0.15) is 5.82 Å². The van der Waals surface area contributed by atoms with Crippen LogP contribution in [-0.2, 0) is 9.53 Å². The maximum absolute atomic E-state index is 13.4. The quantitative estimate of drug-likeness (QED) is 0.632. The standard InChI is InChI=1S/C17H18FNO2/c1-4-21-17(20)9-8-14-10-12(2)19(13(14)3)16-7-5-6-15(18)11-16/h5-11H,4H2,1-3H3. The van der Waals surface area contributed by atoms with Crippen LogP contribution in [0.15, 0.2) is 36.4 Å². The number of hydrogen-bond acceptors (Lipinski definition) is 2. The van der Waals surface area contributed by atoms with Crippen molar-refractivity contribution in [3.8, 4) is 5.69 Å². The van der Waals surface area contributed by atoms with Crippen molar-refractivity contribution < 1.29 is 13.9 Å². The Morgan fingerprint density at radius 1 is 1.33 bits per heavy atom. The fraction of sp³-hybridized carbons (Fsp3) is 0.235. The van der Waals surface area contributed by atoms with Crippen LogP contribution in [0.25, 0.3) is 11.8 Å². The summed E-state index contributed by atoms with van der Waals surface area (Å²) in [6.07, 6.45) is 3.12. The largest absolute Gasteiger partial charge is 0.463 e. The second kappa shape index (κ2) is 6.39. The van der Waals surface area contributed by atoms with E-state index in [9.17, 15) is 9.18 Å². The third-order valence-corrected chi connectivity index (χ3v) is 3.22. The number of aryl methyl sites for hydroxylation is 1. The lowest BCUT2D eigenvalue weighted by Crippen LogP contribution is -2.00. The molecule has 0 saturated carbocycles. The van der Waals surface area contributed by atoms with Crippen molar-refractivity contribution in [1.29, 1.82) is 0 Å². The van der Waals surface area contributed by atoms with E-state index in [2.05, 4.69) is 0 Å². The van der Waals surface area contributed by atoms with Gasteiger partial charge in [0, 0.05) is 23.2 Å². The molecule has 0 amide bonds.